The van der Waals surface area contributed by atoms with E-state index in [1.165, 1.54) is 12.1 Å². The molecule has 1 atom stereocenters. The number of amides is 1. The van der Waals surface area contributed by atoms with Crippen LogP contribution < -0.4 is 4.90 Å². The van der Waals surface area contributed by atoms with E-state index in [9.17, 15) is 9.18 Å². The van der Waals surface area contributed by atoms with Crippen LogP contribution in [0.3, 0.4) is 0 Å². The van der Waals surface area contributed by atoms with E-state index < -0.39 is 0 Å². The van der Waals surface area contributed by atoms with Crippen molar-refractivity contribution in [1.29, 1.82) is 0 Å². The minimum absolute atomic E-state index is 0.0862. The Morgan fingerprint density at radius 1 is 1.50 bits per heavy atom. The Morgan fingerprint density at radius 2 is 2.29 bits per heavy atom. The number of benzene rings is 1. The molecule has 0 spiro atoms. The van der Waals surface area contributed by atoms with E-state index in [-0.39, 0.29) is 17.8 Å². The van der Waals surface area contributed by atoms with Crippen LogP contribution in [-0.4, -0.2) is 11.9 Å². The van der Waals surface area contributed by atoms with E-state index in [1.54, 1.807) is 17.0 Å². The smallest absolute Gasteiger partial charge is 0.227 e. The molecular weight excluding hydrogens is 181 g/mol. The first-order chi connectivity index (χ1) is 6.68. The van der Waals surface area contributed by atoms with E-state index in [1.807, 2.05) is 6.92 Å². The fraction of sp³-hybridized carbons (Fsp3) is 0.364. The number of hydrogen-bond donors (Lipinski definition) is 0. The third-order valence-electron chi connectivity index (χ3n) is 2.57. The monoisotopic (exact) mass is 193 g/mol. The SMILES string of the molecule is CC1CCC(=O)N1c1cccc(F)c1. The number of nitrogens with zero attached hydrogens (tertiary/aromatic N) is 1. The summed E-state index contributed by atoms with van der Waals surface area (Å²) < 4.78 is 12.9. The van der Waals surface area contributed by atoms with Crippen LogP contribution in [0.1, 0.15) is 19.8 Å². The molecule has 2 rings (SSSR count). The van der Waals surface area contributed by atoms with Crippen molar-refractivity contribution in [2.45, 2.75) is 25.8 Å². The molecule has 3 heteroatoms. The van der Waals surface area contributed by atoms with Gasteiger partial charge in [0.15, 0.2) is 0 Å². The second-order valence-electron chi connectivity index (χ2n) is 3.63. The minimum atomic E-state index is -0.297. The van der Waals surface area contributed by atoms with Gasteiger partial charge in [-0.15, -0.1) is 0 Å². The third-order valence-corrected chi connectivity index (χ3v) is 2.57. The average molecular weight is 193 g/mol. The van der Waals surface area contributed by atoms with Crippen molar-refractivity contribution in [2.75, 3.05) is 4.90 Å². The molecule has 1 saturated heterocycles. The normalized spacial score (nSPS) is 21.7. The van der Waals surface area contributed by atoms with Gasteiger partial charge in [-0.1, -0.05) is 6.07 Å². The number of halogens is 1. The highest BCUT2D eigenvalue weighted by Crippen LogP contribution is 2.26. The molecule has 0 saturated carbocycles. The second-order valence-corrected chi connectivity index (χ2v) is 3.63. The lowest BCUT2D eigenvalue weighted by Gasteiger charge is -2.21. The van der Waals surface area contributed by atoms with Gasteiger partial charge in [-0.25, -0.2) is 4.39 Å². The second kappa shape index (κ2) is 3.40. The first-order valence-electron chi connectivity index (χ1n) is 4.76. The van der Waals surface area contributed by atoms with Crippen molar-refractivity contribution in [3.8, 4) is 0 Å². The fourth-order valence-corrected chi connectivity index (χ4v) is 1.85. The molecule has 1 aromatic rings. The summed E-state index contributed by atoms with van der Waals surface area (Å²) >= 11 is 0. The van der Waals surface area contributed by atoms with Gasteiger partial charge < -0.3 is 4.90 Å². The summed E-state index contributed by atoms with van der Waals surface area (Å²) in [6, 6.07) is 6.37. The Kier molecular flexibility index (Phi) is 2.23. The van der Waals surface area contributed by atoms with E-state index in [0.29, 0.717) is 12.1 Å². The first-order valence-corrected chi connectivity index (χ1v) is 4.76. The van der Waals surface area contributed by atoms with Crippen molar-refractivity contribution in [1.82, 2.24) is 0 Å². The molecule has 2 nitrogen and oxygen atoms in total. The molecule has 0 aromatic heterocycles. The van der Waals surface area contributed by atoms with E-state index >= 15 is 0 Å². The van der Waals surface area contributed by atoms with Crippen LogP contribution in [0, 0.1) is 5.82 Å². The van der Waals surface area contributed by atoms with Crippen LogP contribution in [0.5, 0.6) is 0 Å². The Balaban J connectivity index is 2.34. The van der Waals surface area contributed by atoms with E-state index in [4.69, 9.17) is 0 Å². The van der Waals surface area contributed by atoms with Gasteiger partial charge in [-0.05, 0) is 31.5 Å². The summed E-state index contributed by atoms with van der Waals surface area (Å²) in [4.78, 5) is 13.2. The lowest BCUT2D eigenvalue weighted by Crippen LogP contribution is -2.30. The highest BCUT2D eigenvalue weighted by Gasteiger charge is 2.28. The van der Waals surface area contributed by atoms with Gasteiger partial charge in [0.1, 0.15) is 5.82 Å². The Bertz CT molecular complexity index is 364. The zero-order chi connectivity index (χ0) is 10.1. The van der Waals surface area contributed by atoms with Gasteiger partial charge in [0.25, 0.3) is 0 Å². The van der Waals surface area contributed by atoms with Gasteiger partial charge in [0, 0.05) is 18.2 Å². The summed E-state index contributed by atoms with van der Waals surface area (Å²) in [5.41, 5.74) is 0.667. The van der Waals surface area contributed by atoms with Crippen LogP contribution in [0.2, 0.25) is 0 Å². The molecule has 1 heterocycles. The highest BCUT2D eigenvalue weighted by molar-refractivity contribution is 5.96. The molecule has 1 aliphatic rings. The quantitative estimate of drug-likeness (QED) is 0.670. The summed E-state index contributed by atoms with van der Waals surface area (Å²) in [6.07, 6.45) is 1.42. The Labute approximate surface area is 82.3 Å². The Hall–Kier alpha value is -1.38. The fourth-order valence-electron chi connectivity index (χ4n) is 1.85. The third kappa shape index (κ3) is 1.50. The summed E-state index contributed by atoms with van der Waals surface area (Å²) in [6.45, 7) is 1.98. The predicted molar refractivity (Wildman–Crippen MR) is 52.6 cm³/mol. The first kappa shape index (κ1) is 9.19. The number of carbonyl (C=O) groups excluding carboxylic acids is 1. The standard InChI is InChI=1S/C11H12FNO/c1-8-5-6-11(14)13(8)10-4-2-3-9(12)7-10/h2-4,7-8H,5-6H2,1H3. The minimum Gasteiger partial charge on any atom is -0.310 e. The van der Waals surface area contributed by atoms with Crippen molar-refractivity contribution in [2.24, 2.45) is 0 Å². The molecule has 0 aliphatic carbocycles. The van der Waals surface area contributed by atoms with Crippen molar-refractivity contribution < 1.29 is 9.18 Å². The van der Waals surface area contributed by atoms with E-state index in [0.717, 1.165) is 6.42 Å². The maximum atomic E-state index is 12.9. The number of hydrogen-bond acceptors (Lipinski definition) is 1. The summed E-state index contributed by atoms with van der Waals surface area (Å²) in [7, 11) is 0. The molecule has 1 aromatic carbocycles. The Morgan fingerprint density at radius 3 is 2.86 bits per heavy atom. The molecular formula is C11H12FNO. The van der Waals surface area contributed by atoms with Crippen LogP contribution in [0.25, 0.3) is 0 Å². The van der Waals surface area contributed by atoms with Crippen LogP contribution in [0.4, 0.5) is 10.1 Å². The van der Waals surface area contributed by atoms with Gasteiger partial charge in [-0.3, -0.25) is 4.79 Å². The number of anilines is 1. The van der Waals surface area contributed by atoms with Crippen LogP contribution in [0.15, 0.2) is 24.3 Å². The van der Waals surface area contributed by atoms with Crippen LogP contribution >= 0.6 is 0 Å². The van der Waals surface area contributed by atoms with E-state index in [2.05, 4.69) is 0 Å². The molecule has 0 radical (unpaired) electrons. The summed E-state index contributed by atoms with van der Waals surface area (Å²) in [5.74, 6) is -0.211. The molecule has 0 N–H and O–H groups in total. The zero-order valence-corrected chi connectivity index (χ0v) is 8.03. The van der Waals surface area contributed by atoms with Crippen LogP contribution in [-0.2, 0) is 4.79 Å². The molecule has 74 valence electrons. The lowest BCUT2D eigenvalue weighted by molar-refractivity contribution is -0.117. The molecule has 1 amide bonds. The van der Waals surface area contributed by atoms with Gasteiger partial charge >= 0.3 is 0 Å². The predicted octanol–water partition coefficient (Wildman–Crippen LogP) is 2.34. The van der Waals surface area contributed by atoms with Crippen molar-refractivity contribution in [3.05, 3.63) is 30.1 Å². The largest absolute Gasteiger partial charge is 0.310 e. The maximum Gasteiger partial charge on any atom is 0.227 e. The maximum absolute atomic E-state index is 12.9. The lowest BCUT2D eigenvalue weighted by atomic mass is 10.2. The molecule has 1 unspecified atom stereocenters. The topological polar surface area (TPSA) is 20.3 Å². The molecule has 14 heavy (non-hydrogen) atoms. The molecule has 1 fully saturated rings. The highest BCUT2D eigenvalue weighted by atomic mass is 19.1. The number of carbonyl (C=O) groups is 1. The van der Waals surface area contributed by atoms with Gasteiger partial charge in [0.05, 0.1) is 0 Å². The molecule has 0 bridgehead atoms. The van der Waals surface area contributed by atoms with Crippen molar-refractivity contribution >= 4 is 11.6 Å². The summed E-state index contributed by atoms with van der Waals surface area (Å²) in [5, 5.41) is 0. The molecule has 1 aliphatic heterocycles. The van der Waals surface area contributed by atoms with Crippen molar-refractivity contribution in [3.63, 3.8) is 0 Å². The number of rotatable bonds is 1. The zero-order valence-electron chi connectivity index (χ0n) is 8.03. The average Bonchev–Trinajstić information content (AvgIpc) is 2.46. The van der Waals surface area contributed by atoms with Gasteiger partial charge in [-0.2, -0.15) is 0 Å². The van der Waals surface area contributed by atoms with Gasteiger partial charge in [0.2, 0.25) is 5.91 Å².